The van der Waals surface area contributed by atoms with E-state index in [0.717, 1.165) is 42.9 Å². The Kier molecular flexibility index (Phi) is 5.95. The number of hydrogen-bond acceptors (Lipinski definition) is 4. The highest BCUT2D eigenvalue weighted by molar-refractivity contribution is 6.44. The Morgan fingerprint density at radius 1 is 1.11 bits per heavy atom. The molecular weight excluding hydrogens is 399 g/mol. The molecule has 2 aromatic rings. The van der Waals surface area contributed by atoms with Crippen LogP contribution in [0.25, 0.3) is 0 Å². The maximum Gasteiger partial charge on any atom is 0.238 e. The van der Waals surface area contributed by atoms with Crippen molar-refractivity contribution in [3.8, 4) is 11.5 Å². The molecule has 0 spiro atoms. The van der Waals surface area contributed by atoms with Crippen molar-refractivity contribution in [1.82, 2.24) is 4.90 Å². The molecule has 28 heavy (non-hydrogen) atoms. The van der Waals surface area contributed by atoms with E-state index in [0.29, 0.717) is 35.5 Å². The summed E-state index contributed by atoms with van der Waals surface area (Å²) in [5.41, 5.74) is 1.68. The van der Waals surface area contributed by atoms with Crippen LogP contribution in [0.3, 0.4) is 0 Å². The Hall–Kier alpha value is -1.95. The fourth-order valence-electron chi connectivity index (χ4n) is 3.75. The van der Waals surface area contributed by atoms with E-state index in [9.17, 15) is 4.79 Å². The van der Waals surface area contributed by atoms with Crippen LogP contribution < -0.4 is 14.8 Å². The third kappa shape index (κ3) is 4.22. The summed E-state index contributed by atoms with van der Waals surface area (Å²) in [4.78, 5) is 14.8. The van der Waals surface area contributed by atoms with Crippen molar-refractivity contribution in [2.75, 3.05) is 31.6 Å². The van der Waals surface area contributed by atoms with Crippen LogP contribution in [-0.4, -0.2) is 37.1 Å². The highest BCUT2D eigenvalue weighted by Crippen LogP contribution is 2.38. The molecule has 1 fully saturated rings. The predicted molar refractivity (Wildman–Crippen MR) is 111 cm³/mol. The number of ether oxygens (including phenoxy) is 2. The third-order valence-corrected chi connectivity index (χ3v) is 5.91. The molecule has 5 nitrogen and oxygen atoms in total. The van der Waals surface area contributed by atoms with Crippen molar-refractivity contribution in [3.63, 3.8) is 0 Å². The Labute approximate surface area is 174 Å². The second-order valence-electron chi connectivity index (χ2n) is 7.03. The number of nitrogens with one attached hydrogen (secondary N) is 1. The van der Waals surface area contributed by atoms with Gasteiger partial charge in [0.15, 0.2) is 11.5 Å². The molecule has 2 aromatic carbocycles. The average Bonchev–Trinajstić information content (AvgIpc) is 3.00. The van der Waals surface area contributed by atoms with Gasteiger partial charge in [-0.25, -0.2) is 0 Å². The van der Waals surface area contributed by atoms with E-state index in [4.69, 9.17) is 32.7 Å². The van der Waals surface area contributed by atoms with Crippen LogP contribution in [0.2, 0.25) is 10.0 Å². The van der Waals surface area contributed by atoms with E-state index in [-0.39, 0.29) is 11.9 Å². The lowest BCUT2D eigenvalue weighted by atomic mass is 10.0. The first-order chi connectivity index (χ1) is 13.6. The van der Waals surface area contributed by atoms with Gasteiger partial charge in [0.1, 0.15) is 0 Å². The summed E-state index contributed by atoms with van der Waals surface area (Å²) in [5.74, 6) is 1.47. The first-order valence-electron chi connectivity index (χ1n) is 9.49. The van der Waals surface area contributed by atoms with Gasteiger partial charge in [0, 0.05) is 12.5 Å². The van der Waals surface area contributed by atoms with Crippen molar-refractivity contribution in [2.45, 2.75) is 25.3 Å². The molecule has 4 rings (SSSR count). The van der Waals surface area contributed by atoms with E-state index in [1.165, 1.54) is 0 Å². The number of carbonyl (C=O) groups is 1. The minimum atomic E-state index is -0.106. The van der Waals surface area contributed by atoms with E-state index in [2.05, 4.69) is 22.3 Å². The minimum Gasteiger partial charge on any atom is -0.490 e. The summed E-state index contributed by atoms with van der Waals surface area (Å²) in [6.07, 6.45) is 2.93. The monoisotopic (exact) mass is 420 g/mol. The van der Waals surface area contributed by atoms with Crippen LogP contribution >= 0.6 is 23.2 Å². The van der Waals surface area contributed by atoms with Crippen molar-refractivity contribution >= 4 is 34.8 Å². The van der Waals surface area contributed by atoms with Crippen LogP contribution in [0.15, 0.2) is 36.4 Å². The number of carbonyl (C=O) groups excluding carboxylic acids is 1. The fraction of sp³-hybridized carbons (Fsp3) is 0.381. The highest BCUT2D eigenvalue weighted by atomic mass is 35.5. The van der Waals surface area contributed by atoms with Crippen LogP contribution in [0.4, 0.5) is 5.69 Å². The summed E-state index contributed by atoms with van der Waals surface area (Å²) in [6, 6.07) is 11.5. The van der Waals surface area contributed by atoms with Gasteiger partial charge < -0.3 is 14.8 Å². The molecule has 2 heterocycles. The standard InChI is InChI=1S/C21H22Cl2N2O3/c22-15-4-1-5-16(21(15)23)24-20(26)13-25-9-2-6-17(25)14-7-8-18-19(12-14)28-11-3-10-27-18/h1,4-5,7-8,12,17H,2-3,6,9-11,13H2,(H,24,26)/t17-/m1/s1. The summed E-state index contributed by atoms with van der Waals surface area (Å²) in [5, 5.41) is 3.65. The quantitative estimate of drug-likeness (QED) is 0.761. The van der Waals surface area contributed by atoms with Gasteiger partial charge in [-0.3, -0.25) is 9.69 Å². The first kappa shape index (κ1) is 19.4. The van der Waals surface area contributed by atoms with Gasteiger partial charge in [-0.15, -0.1) is 0 Å². The lowest BCUT2D eigenvalue weighted by Crippen LogP contribution is -2.33. The Bertz CT molecular complexity index is 875. The van der Waals surface area contributed by atoms with E-state index >= 15 is 0 Å². The average molecular weight is 421 g/mol. The van der Waals surface area contributed by atoms with Crippen LogP contribution in [0, 0.1) is 0 Å². The number of fused-ring (bicyclic) bond motifs is 1. The van der Waals surface area contributed by atoms with Crippen molar-refractivity contribution in [3.05, 3.63) is 52.0 Å². The molecule has 0 bridgehead atoms. The number of anilines is 1. The lowest BCUT2D eigenvalue weighted by molar-refractivity contribution is -0.117. The lowest BCUT2D eigenvalue weighted by Gasteiger charge is -2.25. The highest BCUT2D eigenvalue weighted by Gasteiger charge is 2.28. The Morgan fingerprint density at radius 2 is 1.93 bits per heavy atom. The molecule has 0 aliphatic carbocycles. The van der Waals surface area contributed by atoms with Crippen LogP contribution in [-0.2, 0) is 4.79 Å². The number of likely N-dealkylation sites (tertiary alicyclic amines) is 1. The molecule has 2 aliphatic rings. The van der Waals surface area contributed by atoms with Gasteiger partial charge in [-0.05, 0) is 49.2 Å². The zero-order valence-corrected chi connectivity index (χ0v) is 16.9. The van der Waals surface area contributed by atoms with Crippen molar-refractivity contribution < 1.29 is 14.3 Å². The zero-order valence-electron chi connectivity index (χ0n) is 15.4. The number of benzene rings is 2. The molecule has 0 saturated carbocycles. The number of hydrogen-bond donors (Lipinski definition) is 1. The largest absolute Gasteiger partial charge is 0.490 e. The van der Waals surface area contributed by atoms with E-state index < -0.39 is 0 Å². The Morgan fingerprint density at radius 3 is 2.79 bits per heavy atom. The van der Waals surface area contributed by atoms with Crippen molar-refractivity contribution in [1.29, 1.82) is 0 Å². The summed E-state index contributed by atoms with van der Waals surface area (Å²) < 4.78 is 11.5. The van der Waals surface area contributed by atoms with E-state index in [1.54, 1.807) is 18.2 Å². The topological polar surface area (TPSA) is 50.8 Å². The third-order valence-electron chi connectivity index (χ3n) is 5.09. The molecule has 1 atom stereocenters. The van der Waals surface area contributed by atoms with Gasteiger partial charge in [-0.1, -0.05) is 35.3 Å². The number of rotatable bonds is 4. The predicted octanol–water partition coefficient (Wildman–Crippen LogP) is 4.93. The van der Waals surface area contributed by atoms with Gasteiger partial charge in [-0.2, -0.15) is 0 Å². The summed E-state index contributed by atoms with van der Waals surface area (Å²) in [6.45, 7) is 2.50. The SMILES string of the molecule is O=C(CN1CCC[C@@H]1c1ccc2c(c1)OCCCO2)Nc1cccc(Cl)c1Cl. The maximum atomic E-state index is 12.6. The van der Waals surface area contributed by atoms with Gasteiger partial charge >= 0.3 is 0 Å². The van der Waals surface area contributed by atoms with E-state index in [1.807, 2.05) is 6.07 Å². The second-order valence-corrected chi connectivity index (χ2v) is 7.82. The molecular formula is C21H22Cl2N2O3. The molecule has 0 radical (unpaired) electrons. The van der Waals surface area contributed by atoms with Crippen LogP contribution in [0.5, 0.6) is 11.5 Å². The molecule has 1 N–H and O–H groups in total. The minimum absolute atomic E-state index is 0.106. The molecule has 2 aliphatic heterocycles. The first-order valence-corrected chi connectivity index (χ1v) is 10.2. The van der Waals surface area contributed by atoms with Crippen molar-refractivity contribution in [2.24, 2.45) is 0 Å². The van der Waals surface area contributed by atoms with Crippen LogP contribution in [0.1, 0.15) is 30.9 Å². The summed E-state index contributed by atoms with van der Waals surface area (Å²) in [7, 11) is 0. The number of halogens is 2. The molecule has 0 aromatic heterocycles. The fourth-order valence-corrected chi connectivity index (χ4v) is 4.10. The normalized spacial score (nSPS) is 19.3. The Balaban J connectivity index is 1.46. The number of amides is 1. The second kappa shape index (κ2) is 8.60. The summed E-state index contributed by atoms with van der Waals surface area (Å²) >= 11 is 12.2. The smallest absolute Gasteiger partial charge is 0.238 e. The van der Waals surface area contributed by atoms with Gasteiger partial charge in [0.05, 0.1) is 35.5 Å². The molecule has 1 saturated heterocycles. The molecule has 1 amide bonds. The number of nitrogens with zero attached hydrogens (tertiary/aromatic N) is 1. The molecule has 0 unspecified atom stereocenters. The maximum absolute atomic E-state index is 12.6. The zero-order chi connectivity index (χ0) is 19.5. The molecule has 7 heteroatoms. The molecule has 148 valence electrons. The van der Waals surface area contributed by atoms with Gasteiger partial charge in [0.2, 0.25) is 5.91 Å². The van der Waals surface area contributed by atoms with Gasteiger partial charge in [0.25, 0.3) is 0 Å².